The van der Waals surface area contributed by atoms with Crippen molar-refractivity contribution in [3.63, 3.8) is 0 Å². The van der Waals surface area contributed by atoms with Crippen molar-refractivity contribution in [2.45, 2.75) is 26.3 Å². The Morgan fingerprint density at radius 2 is 2.17 bits per heavy atom. The third-order valence-electron chi connectivity index (χ3n) is 2.77. The molecule has 2 aromatic rings. The monoisotopic (exact) mass is 247 g/mol. The summed E-state index contributed by atoms with van der Waals surface area (Å²) in [5.74, 6) is 2.08. The smallest absolute Gasteiger partial charge is 0.240 e. The van der Waals surface area contributed by atoms with Crippen LogP contribution in [0.5, 0.6) is 5.75 Å². The first-order valence-corrected chi connectivity index (χ1v) is 5.86. The minimum absolute atomic E-state index is 0.235. The number of hydrogen-bond acceptors (Lipinski definition) is 5. The molecule has 0 aliphatic heterocycles. The van der Waals surface area contributed by atoms with Gasteiger partial charge in [0, 0.05) is 0 Å². The van der Waals surface area contributed by atoms with Gasteiger partial charge in [-0.1, -0.05) is 25.1 Å². The molecule has 1 heterocycles. The summed E-state index contributed by atoms with van der Waals surface area (Å²) >= 11 is 0. The van der Waals surface area contributed by atoms with Crippen molar-refractivity contribution in [2.24, 2.45) is 5.73 Å². The Bertz CT molecular complexity index is 535. The van der Waals surface area contributed by atoms with Gasteiger partial charge in [-0.2, -0.15) is 4.98 Å². The summed E-state index contributed by atoms with van der Waals surface area (Å²) in [6, 6.07) is 5.98. The molecule has 0 radical (unpaired) electrons. The Morgan fingerprint density at radius 3 is 2.72 bits per heavy atom. The van der Waals surface area contributed by atoms with Crippen molar-refractivity contribution < 1.29 is 9.26 Å². The van der Waals surface area contributed by atoms with Gasteiger partial charge in [0.2, 0.25) is 11.7 Å². The number of methoxy groups -OCH3 is 1. The molecule has 0 atom stereocenters. The molecule has 0 saturated carbocycles. The lowest BCUT2D eigenvalue weighted by atomic mass is 10.00. The molecular weight excluding hydrogens is 230 g/mol. The van der Waals surface area contributed by atoms with Gasteiger partial charge in [-0.05, 0) is 23.6 Å². The Labute approximate surface area is 106 Å². The molecule has 0 fully saturated rings. The molecule has 0 aliphatic carbocycles. The van der Waals surface area contributed by atoms with Crippen LogP contribution in [0.2, 0.25) is 0 Å². The van der Waals surface area contributed by atoms with E-state index in [1.807, 2.05) is 18.2 Å². The van der Waals surface area contributed by atoms with Crippen LogP contribution in [0.15, 0.2) is 22.7 Å². The number of benzene rings is 1. The van der Waals surface area contributed by atoms with Crippen LogP contribution in [0.4, 0.5) is 0 Å². The summed E-state index contributed by atoms with van der Waals surface area (Å²) in [6.45, 7) is 4.50. The molecular formula is C13H17N3O2. The van der Waals surface area contributed by atoms with Crippen molar-refractivity contribution in [3.8, 4) is 17.1 Å². The number of rotatable bonds is 4. The maximum absolute atomic E-state index is 5.46. The van der Waals surface area contributed by atoms with E-state index in [2.05, 4.69) is 24.0 Å². The van der Waals surface area contributed by atoms with Crippen LogP contribution in [0.25, 0.3) is 11.4 Å². The van der Waals surface area contributed by atoms with Crippen LogP contribution in [-0.2, 0) is 6.54 Å². The first-order valence-electron chi connectivity index (χ1n) is 5.86. The number of nitrogens with two attached hydrogens (primary N) is 1. The summed E-state index contributed by atoms with van der Waals surface area (Å²) < 4.78 is 10.4. The van der Waals surface area contributed by atoms with E-state index in [1.54, 1.807) is 7.11 Å². The summed E-state index contributed by atoms with van der Waals surface area (Å²) in [5.41, 5.74) is 7.49. The van der Waals surface area contributed by atoms with E-state index in [-0.39, 0.29) is 6.54 Å². The fourth-order valence-corrected chi connectivity index (χ4v) is 1.71. The highest BCUT2D eigenvalue weighted by Crippen LogP contribution is 2.31. The molecule has 0 amide bonds. The molecule has 2 N–H and O–H groups in total. The fourth-order valence-electron chi connectivity index (χ4n) is 1.71. The highest BCUT2D eigenvalue weighted by Gasteiger charge is 2.14. The van der Waals surface area contributed by atoms with E-state index in [4.69, 9.17) is 15.0 Å². The lowest BCUT2D eigenvalue weighted by Crippen LogP contribution is -1.96. The average Bonchev–Trinajstić information content (AvgIpc) is 2.86. The zero-order valence-electron chi connectivity index (χ0n) is 10.8. The molecule has 0 aliphatic rings. The van der Waals surface area contributed by atoms with Crippen LogP contribution in [-0.4, -0.2) is 17.3 Å². The number of ether oxygens (including phenoxy) is 1. The quantitative estimate of drug-likeness (QED) is 0.897. The molecule has 0 unspecified atom stereocenters. The van der Waals surface area contributed by atoms with Crippen molar-refractivity contribution in [1.82, 2.24) is 10.1 Å². The summed E-state index contributed by atoms with van der Waals surface area (Å²) in [4.78, 5) is 4.23. The van der Waals surface area contributed by atoms with Crippen molar-refractivity contribution in [1.29, 1.82) is 0 Å². The van der Waals surface area contributed by atoms with Crippen LogP contribution in [0, 0.1) is 0 Å². The number of hydrogen-bond donors (Lipinski definition) is 1. The van der Waals surface area contributed by atoms with Crippen LogP contribution in [0.1, 0.15) is 31.2 Å². The van der Waals surface area contributed by atoms with E-state index >= 15 is 0 Å². The third-order valence-corrected chi connectivity index (χ3v) is 2.77. The molecule has 1 aromatic carbocycles. The minimum Gasteiger partial charge on any atom is -0.496 e. The largest absolute Gasteiger partial charge is 0.496 e. The highest BCUT2D eigenvalue weighted by atomic mass is 16.5. The van der Waals surface area contributed by atoms with Crippen molar-refractivity contribution >= 4 is 0 Å². The molecule has 1 aromatic heterocycles. The summed E-state index contributed by atoms with van der Waals surface area (Å²) in [5, 5.41) is 3.92. The Hall–Kier alpha value is -1.88. The first kappa shape index (κ1) is 12.6. The number of aromatic nitrogens is 2. The van der Waals surface area contributed by atoms with Gasteiger partial charge in [-0.25, -0.2) is 0 Å². The predicted molar refractivity (Wildman–Crippen MR) is 68.3 cm³/mol. The summed E-state index contributed by atoms with van der Waals surface area (Å²) in [7, 11) is 1.62. The Kier molecular flexibility index (Phi) is 3.62. The van der Waals surface area contributed by atoms with E-state index < -0.39 is 0 Å². The molecule has 5 heteroatoms. The molecule has 2 rings (SSSR count). The fraction of sp³-hybridized carbons (Fsp3) is 0.385. The molecule has 0 bridgehead atoms. The topological polar surface area (TPSA) is 74.2 Å². The second-order valence-corrected chi connectivity index (χ2v) is 4.33. The normalized spacial score (nSPS) is 10.9. The SMILES string of the molecule is COc1ccc(C(C)C)cc1-c1noc(CN)n1. The molecule has 96 valence electrons. The van der Waals surface area contributed by atoms with Gasteiger partial charge in [0.15, 0.2) is 0 Å². The lowest BCUT2D eigenvalue weighted by Gasteiger charge is -2.10. The molecule has 0 saturated heterocycles. The highest BCUT2D eigenvalue weighted by molar-refractivity contribution is 5.65. The van der Waals surface area contributed by atoms with E-state index in [1.165, 1.54) is 5.56 Å². The second-order valence-electron chi connectivity index (χ2n) is 4.33. The summed E-state index contributed by atoms with van der Waals surface area (Å²) in [6.07, 6.45) is 0. The predicted octanol–water partition coefficient (Wildman–Crippen LogP) is 2.33. The van der Waals surface area contributed by atoms with E-state index in [0.29, 0.717) is 17.6 Å². The lowest BCUT2D eigenvalue weighted by molar-refractivity contribution is 0.380. The van der Waals surface area contributed by atoms with E-state index in [0.717, 1.165) is 11.3 Å². The van der Waals surface area contributed by atoms with Crippen LogP contribution in [0.3, 0.4) is 0 Å². The maximum atomic E-state index is 5.46. The van der Waals surface area contributed by atoms with Gasteiger partial charge in [-0.15, -0.1) is 0 Å². The van der Waals surface area contributed by atoms with Gasteiger partial charge in [0.1, 0.15) is 5.75 Å². The van der Waals surface area contributed by atoms with Gasteiger partial charge < -0.3 is 15.0 Å². The van der Waals surface area contributed by atoms with Gasteiger partial charge in [-0.3, -0.25) is 0 Å². The van der Waals surface area contributed by atoms with Crippen molar-refractivity contribution in [2.75, 3.05) is 7.11 Å². The zero-order valence-corrected chi connectivity index (χ0v) is 10.8. The first-order chi connectivity index (χ1) is 8.65. The van der Waals surface area contributed by atoms with Crippen LogP contribution < -0.4 is 10.5 Å². The molecule has 18 heavy (non-hydrogen) atoms. The zero-order chi connectivity index (χ0) is 13.1. The average molecular weight is 247 g/mol. The Balaban J connectivity index is 2.49. The Morgan fingerprint density at radius 1 is 1.39 bits per heavy atom. The van der Waals surface area contributed by atoms with E-state index in [9.17, 15) is 0 Å². The van der Waals surface area contributed by atoms with Gasteiger partial charge in [0.05, 0.1) is 19.2 Å². The molecule has 0 spiro atoms. The standard InChI is InChI=1S/C13H17N3O2/c1-8(2)9-4-5-11(17-3)10(6-9)13-15-12(7-14)18-16-13/h4-6,8H,7,14H2,1-3H3. The minimum atomic E-state index is 0.235. The number of nitrogens with zero attached hydrogens (tertiary/aromatic N) is 2. The second kappa shape index (κ2) is 5.18. The molecule has 5 nitrogen and oxygen atoms in total. The maximum Gasteiger partial charge on any atom is 0.240 e. The van der Waals surface area contributed by atoms with Gasteiger partial charge in [0.25, 0.3) is 0 Å². The van der Waals surface area contributed by atoms with Gasteiger partial charge >= 0.3 is 0 Å². The van der Waals surface area contributed by atoms with Crippen molar-refractivity contribution in [3.05, 3.63) is 29.7 Å². The third kappa shape index (κ3) is 2.36. The van der Waals surface area contributed by atoms with Crippen LogP contribution >= 0.6 is 0 Å².